The van der Waals surface area contributed by atoms with Crippen molar-refractivity contribution in [3.05, 3.63) is 69.8 Å². The van der Waals surface area contributed by atoms with Crippen LogP contribution < -0.4 is 0 Å². The highest BCUT2D eigenvalue weighted by molar-refractivity contribution is 9.10. The van der Waals surface area contributed by atoms with Crippen molar-refractivity contribution in [2.45, 2.75) is 6.54 Å². The molecule has 18 heavy (non-hydrogen) atoms. The standard InChI is InChI=1S/C15H11BrClN/c16-14-4-2-1-3-12(14)10-18-8-7-11-9-13(17)5-6-15(11)18/h1-9H,10H2. The molecule has 0 spiro atoms. The van der Waals surface area contributed by atoms with E-state index in [9.17, 15) is 0 Å². The van der Waals surface area contributed by atoms with Crippen molar-refractivity contribution in [1.82, 2.24) is 4.57 Å². The smallest absolute Gasteiger partial charge is 0.0487 e. The molecule has 0 bridgehead atoms. The van der Waals surface area contributed by atoms with Crippen LogP contribution in [0.25, 0.3) is 10.9 Å². The van der Waals surface area contributed by atoms with Gasteiger partial charge in [0.25, 0.3) is 0 Å². The molecule has 0 aliphatic carbocycles. The van der Waals surface area contributed by atoms with Crippen LogP contribution in [-0.4, -0.2) is 4.57 Å². The Hall–Kier alpha value is -1.25. The summed E-state index contributed by atoms with van der Waals surface area (Å²) in [6, 6.07) is 16.4. The van der Waals surface area contributed by atoms with E-state index < -0.39 is 0 Å². The van der Waals surface area contributed by atoms with Crippen molar-refractivity contribution >= 4 is 38.4 Å². The van der Waals surface area contributed by atoms with Gasteiger partial charge in [-0.3, -0.25) is 0 Å². The van der Waals surface area contributed by atoms with E-state index in [1.165, 1.54) is 16.5 Å². The summed E-state index contributed by atoms with van der Waals surface area (Å²) >= 11 is 9.58. The van der Waals surface area contributed by atoms with Crippen molar-refractivity contribution in [2.75, 3.05) is 0 Å². The summed E-state index contributed by atoms with van der Waals surface area (Å²) in [6.07, 6.45) is 2.10. The monoisotopic (exact) mass is 319 g/mol. The minimum absolute atomic E-state index is 0.779. The van der Waals surface area contributed by atoms with Crippen LogP contribution in [0.15, 0.2) is 59.2 Å². The van der Waals surface area contributed by atoms with E-state index in [0.29, 0.717) is 0 Å². The molecule has 0 fully saturated rings. The number of fused-ring (bicyclic) bond motifs is 1. The number of hydrogen-bond donors (Lipinski definition) is 0. The summed E-state index contributed by atoms with van der Waals surface area (Å²) in [7, 11) is 0. The highest BCUT2D eigenvalue weighted by atomic mass is 79.9. The van der Waals surface area contributed by atoms with Gasteiger partial charge >= 0.3 is 0 Å². The number of hydrogen-bond acceptors (Lipinski definition) is 0. The van der Waals surface area contributed by atoms with Gasteiger partial charge in [-0.1, -0.05) is 45.7 Å². The molecule has 0 unspecified atom stereocenters. The van der Waals surface area contributed by atoms with Gasteiger partial charge in [-0.25, -0.2) is 0 Å². The number of benzene rings is 2. The normalized spacial score (nSPS) is 11.0. The first kappa shape index (κ1) is 11.8. The lowest BCUT2D eigenvalue weighted by atomic mass is 10.2. The zero-order valence-electron chi connectivity index (χ0n) is 9.61. The summed E-state index contributed by atoms with van der Waals surface area (Å²) in [5.74, 6) is 0. The van der Waals surface area contributed by atoms with E-state index in [1.54, 1.807) is 0 Å². The number of rotatable bonds is 2. The van der Waals surface area contributed by atoms with Crippen molar-refractivity contribution < 1.29 is 0 Å². The number of halogens is 2. The molecule has 1 aromatic heterocycles. The molecule has 90 valence electrons. The second-order valence-electron chi connectivity index (χ2n) is 4.24. The Morgan fingerprint density at radius 2 is 1.89 bits per heavy atom. The van der Waals surface area contributed by atoms with Gasteiger partial charge in [0.1, 0.15) is 0 Å². The lowest BCUT2D eigenvalue weighted by molar-refractivity contribution is 0.833. The minimum Gasteiger partial charge on any atom is -0.343 e. The first-order valence-electron chi connectivity index (χ1n) is 5.72. The van der Waals surface area contributed by atoms with Crippen molar-refractivity contribution in [3.63, 3.8) is 0 Å². The van der Waals surface area contributed by atoms with E-state index in [-0.39, 0.29) is 0 Å². The Morgan fingerprint density at radius 3 is 2.72 bits per heavy atom. The van der Waals surface area contributed by atoms with Gasteiger partial charge in [0.05, 0.1) is 0 Å². The molecule has 3 rings (SSSR count). The third-order valence-electron chi connectivity index (χ3n) is 3.03. The molecule has 0 saturated carbocycles. The fraction of sp³-hybridized carbons (Fsp3) is 0.0667. The van der Waals surface area contributed by atoms with Gasteiger partial charge in [-0.05, 0) is 35.9 Å². The van der Waals surface area contributed by atoms with Gasteiger partial charge in [-0.2, -0.15) is 0 Å². The molecule has 0 atom stereocenters. The van der Waals surface area contributed by atoms with Gasteiger partial charge in [0, 0.05) is 33.1 Å². The van der Waals surface area contributed by atoms with Crippen LogP contribution in [0.2, 0.25) is 5.02 Å². The molecule has 3 aromatic rings. The minimum atomic E-state index is 0.779. The second-order valence-corrected chi connectivity index (χ2v) is 5.53. The van der Waals surface area contributed by atoms with Crippen molar-refractivity contribution in [2.24, 2.45) is 0 Å². The van der Waals surface area contributed by atoms with Crippen LogP contribution in [0.4, 0.5) is 0 Å². The topological polar surface area (TPSA) is 4.93 Å². The van der Waals surface area contributed by atoms with Gasteiger partial charge in [0.15, 0.2) is 0 Å². The molecule has 1 heterocycles. The fourth-order valence-electron chi connectivity index (χ4n) is 2.12. The first-order valence-corrected chi connectivity index (χ1v) is 6.89. The average molecular weight is 321 g/mol. The van der Waals surface area contributed by atoms with E-state index in [1.807, 2.05) is 18.2 Å². The number of nitrogens with zero attached hydrogens (tertiary/aromatic N) is 1. The Kier molecular flexibility index (Phi) is 3.14. The van der Waals surface area contributed by atoms with Crippen LogP contribution in [0.3, 0.4) is 0 Å². The SMILES string of the molecule is Clc1ccc2c(ccn2Cc2ccccc2Br)c1. The maximum absolute atomic E-state index is 6.00. The van der Waals surface area contributed by atoms with Crippen LogP contribution in [0.5, 0.6) is 0 Å². The van der Waals surface area contributed by atoms with E-state index in [2.05, 4.69) is 57.0 Å². The second kappa shape index (κ2) is 4.79. The molecule has 0 radical (unpaired) electrons. The molecule has 0 aliphatic rings. The van der Waals surface area contributed by atoms with E-state index >= 15 is 0 Å². The third kappa shape index (κ3) is 2.18. The molecular formula is C15H11BrClN. The summed E-state index contributed by atoms with van der Waals surface area (Å²) in [5, 5.41) is 1.95. The van der Waals surface area contributed by atoms with Crippen LogP contribution in [0, 0.1) is 0 Å². The van der Waals surface area contributed by atoms with Crippen LogP contribution >= 0.6 is 27.5 Å². The summed E-state index contributed by atoms with van der Waals surface area (Å²) in [6.45, 7) is 0.854. The Balaban J connectivity index is 2.03. The lowest BCUT2D eigenvalue weighted by Gasteiger charge is -2.07. The fourth-order valence-corrected chi connectivity index (χ4v) is 2.71. The predicted octanol–water partition coefficient (Wildman–Crippen LogP) is 5.11. The largest absolute Gasteiger partial charge is 0.343 e. The Morgan fingerprint density at radius 1 is 1.06 bits per heavy atom. The van der Waals surface area contributed by atoms with Gasteiger partial charge < -0.3 is 4.57 Å². The molecule has 2 aromatic carbocycles. The van der Waals surface area contributed by atoms with Crippen LogP contribution in [0.1, 0.15) is 5.56 Å². The molecule has 3 heteroatoms. The number of aromatic nitrogens is 1. The van der Waals surface area contributed by atoms with Crippen LogP contribution in [-0.2, 0) is 6.54 Å². The predicted molar refractivity (Wildman–Crippen MR) is 80.2 cm³/mol. The molecule has 1 nitrogen and oxygen atoms in total. The van der Waals surface area contributed by atoms with Crippen molar-refractivity contribution in [1.29, 1.82) is 0 Å². The Bertz CT molecular complexity index is 703. The maximum Gasteiger partial charge on any atom is 0.0487 e. The molecule has 0 aliphatic heterocycles. The summed E-state index contributed by atoms with van der Waals surface area (Å²) < 4.78 is 3.37. The third-order valence-corrected chi connectivity index (χ3v) is 4.04. The van der Waals surface area contributed by atoms with E-state index in [4.69, 9.17) is 11.6 Å². The zero-order chi connectivity index (χ0) is 12.5. The first-order chi connectivity index (χ1) is 8.74. The average Bonchev–Trinajstić information content (AvgIpc) is 2.74. The van der Waals surface area contributed by atoms with Gasteiger partial charge in [0.2, 0.25) is 0 Å². The van der Waals surface area contributed by atoms with E-state index in [0.717, 1.165) is 16.0 Å². The quantitative estimate of drug-likeness (QED) is 0.618. The zero-order valence-corrected chi connectivity index (χ0v) is 11.9. The molecule has 0 saturated heterocycles. The summed E-state index contributed by atoms with van der Waals surface area (Å²) in [5.41, 5.74) is 2.47. The van der Waals surface area contributed by atoms with Gasteiger partial charge in [-0.15, -0.1) is 0 Å². The van der Waals surface area contributed by atoms with Crippen molar-refractivity contribution in [3.8, 4) is 0 Å². The summed E-state index contributed by atoms with van der Waals surface area (Å²) in [4.78, 5) is 0. The molecular weight excluding hydrogens is 310 g/mol. The maximum atomic E-state index is 6.00. The highest BCUT2D eigenvalue weighted by Gasteiger charge is 2.04. The Labute approximate surface area is 119 Å². The molecule has 0 amide bonds. The molecule has 0 N–H and O–H groups in total. The lowest BCUT2D eigenvalue weighted by Crippen LogP contribution is -1.98. The highest BCUT2D eigenvalue weighted by Crippen LogP contribution is 2.23.